The largest absolute Gasteiger partial charge is 0.328 e. The van der Waals surface area contributed by atoms with Crippen molar-refractivity contribution >= 4 is 22.6 Å². The van der Waals surface area contributed by atoms with E-state index in [1.54, 1.807) is 20.2 Å². The van der Waals surface area contributed by atoms with E-state index in [0.29, 0.717) is 17.1 Å². The van der Waals surface area contributed by atoms with Crippen LogP contribution in [0.2, 0.25) is 0 Å². The molecule has 3 aromatic rings. The summed E-state index contributed by atoms with van der Waals surface area (Å²) in [6, 6.07) is 6.22. The summed E-state index contributed by atoms with van der Waals surface area (Å²) in [5.74, 6) is -5.55. The molecule has 0 saturated carbocycles. The normalized spacial score (nSPS) is 11.0. The van der Waals surface area contributed by atoms with E-state index in [-0.39, 0.29) is 11.4 Å². The molecular weight excluding hydrogens is 323 g/mol. The van der Waals surface area contributed by atoms with Crippen LogP contribution in [-0.2, 0) is 14.1 Å². The second kappa shape index (κ2) is 5.55. The molecule has 0 unspecified atom stereocenters. The van der Waals surface area contributed by atoms with Crippen LogP contribution in [0.1, 0.15) is 10.4 Å². The average Bonchev–Trinajstić information content (AvgIpc) is 2.77. The van der Waals surface area contributed by atoms with Crippen LogP contribution < -0.4 is 11.0 Å². The minimum Gasteiger partial charge on any atom is -0.322 e. The van der Waals surface area contributed by atoms with Crippen molar-refractivity contribution in [3.8, 4) is 0 Å². The molecule has 0 spiro atoms. The second-order valence-corrected chi connectivity index (χ2v) is 5.28. The summed E-state index contributed by atoms with van der Waals surface area (Å²) >= 11 is 0. The predicted octanol–water partition coefficient (Wildman–Crippen LogP) is 2.55. The van der Waals surface area contributed by atoms with Crippen LogP contribution in [0.5, 0.6) is 0 Å². The molecule has 1 heterocycles. The summed E-state index contributed by atoms with van der Waals surface area (Å²) in [5.41, 5.74) is 0.652. The number of carbonyl (C=O) groups excluding carboxylic acids is 1. The van der Waals surface area contributed by atoms with Gasteiger partial charge >= 0.3 is 5.69 Å². The first-order valence-corrected chi connectivity index (χ1v) is 6.91. The lowest BCUT2D eigenvalue weighted by atomic mass is 10.1. The number of anilines is 1. The van der Waals surface area contributed by atoms with E-state index >= 15 is 0 Å². The predicted molar refractivity (Wildman–Crippen MR) is 82.4 cm³/mol. The fraction of sp³-hybridized carbons (Fsp3) is 0.125. The first kappa shape index (κ1) is 15.9. The number of halogens is 3. The van der Waals surface area contributed by atoms with Crippen LogP contribution in [0.25, 0.3) is 11.0 Å². The molecule has 3 rings (SSSR count). The summed E-state index contributed by atoms with van der Waals surface area (Å²) in [4.78, 5) is 23.9. The Kier molecular flexibility index (Phi) is 3.67. The Balaban J connectivity index is 1.98. The molecule has 8 heteroatoms. The maximum absolute atomic E-state index is 13.7. The van der Waals surface area contributed by atoms with Gasteiger partial charge in [0.2, 0.25) is 0 Å². The minimum absolute atomic E-state index is 0.236. The molecule has 0 saturated heterocycles. The zero-order valence-electron chi connectivity index (χ0n) is 12.7. The van der Waals surface area contributed by atoms with Crippen molar-refractivity contribution in [2.24, 2.45) is 14.1 Å². The first-order chi connectivity index (χ1) is 11.3. The van der Waals surface area contributed by atoms with E-state index in [0.717, 1.165) is 6.07 Å². The van der Waals surface area contributed by atoms with Gasteiger partial charge < -0.3 is 5.32 Å². The van der Waals surface area contributed by atoms with Gasteiger partial charge in [0.25, 0.3) is 5.91 Å². The number of amides is 1. The third kappa shape index (κ3) is 2.36. The number of fused-ring (bicyclic) bond motifs is 1. The number of aromatic nitrogens is 2. The van der Waals surface area contributed by atoms with Gasteiger partial charge in [-0.05, 0) is 30.3 Å². The highest BCUT2D eigenvalue weighted by molar-refractivity contribution is 6.05. The summed E-state index contributed by atoms with van der Waals surface area (Å²) in [6.45, 7) is 0. The molecule has 0 atom stereocenters. The maximum atomic E-state index is 13.7. The summed E-state index contributed by atoms with van der Waals surface area (Å²) < 4.78 is 42.7. The van der Waals surface area contributed by atoms with Crippen LogP contribution in [0.4, 0.5) is 18.9 Å². The molecule has 5 nitrogen and oxygen atoms in total. The Morgan fingerprint density at radius 2 is 1.62 bits per heavy atom. The molecule has 1 aromatic heterocycles. The molecule has 0 aliphatic carbocycles. The van der Waals surface area contributed by atoms with E-state index in [1.807, 2.05) is 0 Å². The minimum atomic E-state index is -1.71. The number of benzene rings is 2. The Labute approximate surface area is 133 Å². The quantitative estimate of drug-likeness (QED) is 0.732. The van der Waals surface area contributed by atoms with Gasteiger partial charge in [-0.2, -0.15) is 0 Å². The molecule has 0 bridgehead atoms. The zero-order chi connectivity index (χ0) is 17.6. The van der Waals surface area contributed by atoms with Gasteiger partial charge in [0.1, 0.15) is 0 Å². The molecular formula is C16H12F3N3O2. The number of aryl methyl sites for hydroxylation is 2. The van der Waals surface area contributed by atoms with Crippen LogP contribution >= 0.6 is 0 Å². The third-order valence-electron chi connectivity index (χ3n) is 3.81. The van der Waals surface area contributed by atoms with Crippen molar-refractivity contribution in [1.82, 2.24) is 9.13 Å². The van der Waals surface area contributed by atoms with Gasteiger partial charge in [-0.3, -0.25) is 13.9 Å². The van der Waals surface area contributed by atoms with Crippen molar-refractivity contribution in [3.05, 3.63) is 63.8 Å². The average molecular weight is 335 g/mol. The van der Waals surface area contributed by atoms with Gasteiger partial charge in [-0.1, -0.05) is 0 Å². The summed E-state index contributed by atoms with van der Waals surface area (Å²) in [7, 11) is 3.19. The van der Waals surface area contributed by atoms with Gasteiger partial charge in [0.15, 0.2) is 17.5 Å². The number of carbonyl (C=O) groups is 1. The molecule has 1 amide bonds. The van der Waals surface area contributed by atoms with Crippen molar-refractivity contribution < 1.29 is 18.0 Å². The van der Waals surface area contributed by atoms with Crippen LogP contribution in [0.15, 0.2) is 35.1 Å². The monoisotopic (exact) mass is 335 g/mol. The molecule has 1 N–H and O–H groups in total. The van der Waals surface area contributed by atoms with Crippen molar-refractivity contribution in [3.63, 3.8) is 0 Å². The van der Waals surface area contributed by atoms with Crippen molar-refractivity contribution in [2.75, 3.05) is 5.32 Å². The lowest BCUT2D eigenvalue weighted by Gasteiger charge is -2.07. The lowest BCUT2D eigenvalue weighted by molar-refractivity contribution is 0.102. The number of hydrogen-bond donors (Lipinski definition) is 1. The number of nitrogens with zero attached hydrogens (tertiary/aromatic N) is 2. The molecule has 2 aromatic carbocycles. The van der Waals surface area contributed by atoms with Crippen molar-refractivity contribution in [2.45, 2.75) is 0 Å². The van der Waals surface area contributed by atoms with Gasteiger partial charge in [-0.15, -0.1) is 0 Å². The number of hydrogen-bond acceptors (Lipinski definition) is 2. The zero-order valence-corrected chi connectivity index (χ0v) is 12.7. The maximum Gasteiger partial charge on any atom is 0.328 e. The fourth-order valence-corrected chi connectivity index (χ4v) is 2.48. The molecule has 0 aliphatic heterocycles. The van der Waals surface area contributed by atoms with Crippen LogP contribution in [-0.4, -0.2) is 15.0 Å². The molecule has 0 radical (unpaired) electrons. The summed E-state index contributed by atoms with van der Waals surface area (Å²) in [6.07, 6.45) is 0. The van der Waals surface area contributed by atoms with Gasteiger partial charge in [-0.25, -0.2) is 18.0 Å². The Hall–Kier alpha value is -3.03. The highest BCUT2D eigenvalue weighted by atomic mass is 19.2. The molecule has 0 aliphatic rings. The molecule has 24 heavy (non-hydrogen) atoms. The standard InChI is InChI=1S/C16H12F3N3O2/c1-21-11-6-3-8(7-12(11)22(2)16(21)24)20-15(23)9-4-5-10(17)14(19)13(9)18/h3-7H,1-2H3,(H,20,23). The highest BCUT2D eigenvalue weighted by Gasteiger charge is 2.19. The SMILES string of the molecule is Cn1c(=O)n(C)c2cc(NC(=O)c3ccc(F)c(F)c3F)ccc21. The molecule has 124 valence electrons. The first-order valence-electron chi connectivity index (χ1n) is 6.91. The van der Waals surface area contributed by atoms with Gasteiger partial charge in [0, 0.05) is 19.8 Å². The van der Waals surface area contributed by atoms with E-state index in [9.17, 15) is 22.8 Å². The van der Waals surface area contributed by atoms with Crippen LogP contribution in [0.3, 0.4) is 0 Å². The second-order valence-electron chi connectivity index (χ2n) is 5.28. The Bertz CT molecular complexity index is 1040. The summed E-state index contributed by atoms with van der Waals surface area (Å²) in [5, 5.41) is 2.40. The topological polar surface area (TPSA) is 56.0 Å². The lowest BCUT2D eigenvalue weighted by Crippen LogP contribution is -2.19. The number of nitrogens with one attached hydrogen (secondary N) is 1. The van der Waals surface area contributed by atoms with Gasteiger partial charge in [0.05, 0.1) is 16.6 Å². The Morgan fingerprint density at radius 1 is 0.958 bits per heavy atom. The third-order valence-corrected chi connectivity index (χ3v) is 3.81. The van der Waals surface area contributed by atoms with E-state index in [4.69, 9.17) is 0 Å². The highest BCUT2D eigenvalue weighted by Crippen LogP contribution is 2.20. The molecule has 0 fully saturated rings. The smallest absolute Gasteiger partial charge is 0.322 e. The Morgan fingerprint density at radius 3 is 2.33 bits per heavy atom. The number of imidazole rings is 1. The van der Waals surface area contributed by atoms with E-state index in [2.05, 4.69) is 5.32 Å². The number of rotatable bonds is 2. The van der Waals surface area contributed by atoms with E-state index in [1.165, 1.54) is 21.3 Å². The fourth-order valence-electron chi connectivity index (χ4n) is 2.48. The van der Waals surface area contributed by atoms with Crippen LogP contribution in [0, 0.1) is 17.5 Å². The van der Waals surface area contributed by atoms with Crippen molar-refractivity contribution in [1.29, 1.82) is 0 Å². The van der Waals surface area contributed by atoms with E-state index < -0.39 is 28.9 Å².